The van der Waals surface area contributed by atoms with Gasteiger partial charge in [0.2, 0.25) is 5.91 Å². The first-order valence-electron chi connectivity index (χ1n) is 7.63. The van der Waals surface area contributed by atoms with Gasteiger partial charge < -0.3 is 10.4 Å². The molecule has 5 heteroatoms. The minimum Gasteiger partial charge on any atom is -0.396 e. The average molecular weight is 295 g/mol. The molecule has 0 atom stereocenters. The van der Waals surface area contributed by atoms with E-state index in [0.29, 0.717) is 13.0 Å². The van der Waals surface area contributed by atoms with Crippen LogP contribution in [0.4, 0.5) is 0 Å². The lowest BCUT2D eigenvalue weighted by atomic mass is 9.89. The van der Waals surface area contributed by atoms with Crippen LogP contribution in [0.5, 0.6) is 0 Å². The van der Waals surface area contributed by atoms with E-state index in [1.54, 1.807) is 0 Å². The Morgan fingerprint density at radius 2 is 2.05 bits per heavy atom. The van der Waals surface area contributed by atoms with Crippen LogP contribution in [0.1, 0.15) is 50.1 Å². The van der Waals surface area contributed by atoms with Crippen molar-refractivity contribution >= 4 is 5.91 Å². The molecular weight excluding hydrogens is 266 g/mol. The number of amides is 1. The molecule has 1 amide bonds. The Morgan fingerprint density at radius 1 is 1.38 bits per heavy atom. The fourth-order valence-electron chi connectivity index (χ4n) is 2.38. The third kappa shape index (κ3) is 5.50. The maximum Gasteiger partial charge on any atom is 0.220 e. The standard InChI is InChI=1S/C16H29N3O2/c1-12-14(13(2)19(5)18-12)7-8-15(21)17-10-6-9-16(3,4)11-20/h20H,6-11H2,1-5H3,(H,17,21). The van der Waals surface area contributed by atoms with Crippen LogP contribution < -0.4 is 5.32 Å². The number of hydrogen-bond donors (Lipinski definition) is 2. The fourth-order valence-corrected chi connectivity index (χ4v) is 2.38. The number of aliphatic hydroxyl groups excluding tert-OH is 1. The van der Waals surface area contributed by atoms with Crippen molar-refractivity contribution in [1.29, 1.82) is 0 Å². The van der Waals surface area contributed by atoms with Crippen molar-refractivity contribution in [2.45, 2.75) is 53.4 Å². The van der Waals surface area contributed by atoms with Crippen molar-refractivity contribution in [2.75, 3.05) is 13.2 Å². The lowest BCUT2D eigenvalue weighted by molar-refractivity contribution is -0.121. The minimum atomic E-state index is -0.0609. The summed E-state index contributed by atoms with van der Waals surface area (Å²) in [6.45, 7) is 8.93. The lowest BCUT2D eigenvalue weighted by Crippen LogP contribution is -2.26. The van der Waals surface area contributed by atoms with Gasteiger partial charge >= 0.3 is 0 Å². The van der Waals surface area contributed by atoms with Crippen LogP contribution in [0, 0.1) is 19.3 Å². The van der Waals surface area contributed by atoms with E-state index in [0.717, 1.165) is 30.7 Å². The zero-order valence-electron chi connectivity index (χ0n) is 14.0. The van der Waals surface area contributed by atoms with Crippen molar-refractivity contribution in [3.8, 4) is 0 Å². The summed E-state index contributed by atoms with van der Waals surface area (Å²) in [5.74, 6) is 0.0828. The largest absolute Gasteiger partial charge is 0.396 e. The van der Waals surface area contributed by atoms with Crippen molar-refractivity contribution in [3.05, 3.63) is 17.0 Å². The molecule has 0 fully saturated rings. The molecule has 1 rings (SSSR count). The average Bonchev–Trinajstić information content (AvgIpc) is 2.66. The summed E-state index contributed by atoms with van der Waals surface area (Å²) >= 11 is 0. The third-order valence-electron chi connectivity index (χ3n) is 4.04. The quantitative estimate of drug-likeness (QED) is 0.720. The highest BCUT2D eigenvalue weighted by atomic mass is 16.3. The van der Waals surface area contributed by atoms with Gasteiger partial charge in [0.15, 0.2) is 0 Å². The molecule has 1 heterocycles. The molecular formula is C16H29N3O2. The van der Waals surface area contributed by atoms with E-state index in [4.69, 9.17) is 0 Å². The van der Waals surface area contributed by atoms with Gasteiger partial charge in [-0.05, 0) is 44.1 Å². The number of carbonyl (C=O) groups is 1. The Bertz CT molecular complexity index is 478. The lowest BCUT2D eigenvalue weighted by Gasteiger charge is -2.21. The van der Waals surface area contributed by atoms with E-state index in [-0.39, 0.29) is 17.9 Å². The maximum absolute atomic E-state index is 11.9. The van der Waals surface area contributed by atoms with Gasteiger partial charge in [0.25, 0.3) is 0 Å². The Labute approximate surface area is 127 Å². The van der Waals surface area contributed by atoms with Crippen LogP contribution in [-0.2, 0) is 18.3 Å². The summed E-state index contributed by atoms with van der Waals surface area (Å²) in [5, 5.41) is 16.5. The fraction of sp³-hybridized carbons (Fsp3) is 0.750. The van der Waals surface area contributed by atoms with Crippen LogP contribution in [0.15, 0.2) is 0 Å². The number of aryl methyl sites for hydroxylation is 2. The monoisotopic (exact) mass is 295 g/mol. The van der Waals surface area contributed by atoms with Crippen LogP contribution in [-0.4, -0.2) is 33.9 Å². The van der Waals surface area contributed by atoms with Gasteiger partial charge in [0.05, 0.1) is 5.69 Å². The molecule has 1 aromatic rings. The summed E-state index contributed by atoms with van der Waals surface area (Å²) in [6, 6.07) is 0. The number of hydrogen-bond acceptors (Lipinski definition) is 3. The normalized spacial score (nSPS) is 11.7. The predicted molar refractivity (Wildman–Crippen MR) is 84.1 cm³/mol. The smallest absolute Gasteiger partial charge is 0.220 e. The molecule has 5 nitrogen and oxygen atoms in total. The summed E-state index contributed by atoms with van der Waals surface area (Å²) < 4.78 is 1.86. The second-order valence-corrected chi connectivity index (χ2v) is 6.55. The first kappa shape index (κ1) is 17.7. The van der Waals surface area contributed by atoms with Crippen molar-refractivity contribution in [1.82, 2.24) is 15.1 Å². The predicted octanol–water partition coefficient (Wildman–Crippen LogP) is 1.88. The van der Waals surface area contributed by atoms with Gasteiger partial charge in [-0.2, -0.15) is 5.10 Å². The molecule has 21 heavy (non-hydrogen) atoms. The van der Waals surface area contributed by atoms with E-state index in [1.807, 2.05) is 39.4 Å². The molecule has 0 unspecified atom stereocenters. The van der Waals surface area contributed by atoms with Gasteiger partial charge in [-0.1, -0.05) is 13.8 Å². The molecule has 0 aliphatic heterocycles. The minimum absolute atomic E-state index is 0.0609. The highest BCUT2D eigenvalue weighted by molar-refractivity contribution is 5.76. The van der Waals surface area contributed by atoms with Gasteiger partial charge in [-0.25, -0.2) is 0 Å². The molecule has 0 bridgehead atoms. The molecule has 0 radical (unpaired) electrons. The Morgan fingerprint density at radius 3 is 2.57 bits per heavy atom. The molecule has 0 spiro atoms. The van der Waals surface area contributed by atoms with Gasteiger partial charge in [-0.3, -0.25) is 9.48 Å². The second kappa shape index (κ2) is 7.59. The molecule has 1 aromatic heterocycles. The maximum atomic E-state index is 11.9. The summed E-state index contributed by atoms with van der Waals surface area (Å²) in [5.41, 5.74) is 3.25. The number of nitrogens with one attached hydrogen (secondary N) is 1. The third-order valence-corrected chi connectivity index (χ3v) is 4.04. The Hall–Kier alpha value is -1.36. The van der Waals surface area contributed by atoms with Crippen LogP contribution in [0.3, 0.4) is 0 Å². The van der Waals surface area contributed by atoms with Gasteiger partial charge in [0.1, 0.15) is 0 Å². The van der Waals surface area contributed by atoms with Crippen LogP contribution in [0.2, 0.25) is 0 Å². The van der Waals surface area contributed by atoms with Gasteiger partial charge in [-0.15, -0.1) is 0 Å². The van der Waals surface area contributed by atoms with Crippen molar-refractivity contribution < 1.29 is 9.90 Å². The first-order valence-corrected chi connectivity index (χ1v) is 7.63. The number of aromatic nitrogens is 2. The SMILES string of the molecule is Cc1nn(C)c(C)c1CCC(=O)NCCCC(C)(C)CO. The molecule has 0 aromatic carbocycles. The van der Waals surface area contributed by atoms with Crippen LogP contribution >= 0.6 is 0 Å². The summed E-state index contributed by atoms with van der Waals surface area (Å²) in [7, 11) is 1.93. The molecule has 0 aliphatic rings. The second-order valence-electron chi connectivity index (χ2n) is 6.55. The van der Waals surface area contributed by atoms with E-state index < -0.39 is 0 Å². The van der Waals surface area contributed by atoms with E-state index in [1.165, 1.54) is 5.56 Å². The number of aliphatic hydroxyl groups is 1. The molecule has 0 aliphatic carbocycles. The number of carbonyl (C=O) groups excluding carboxylic acids is 1. The summed E-state index contributed by atoms with van der Waals surface area (Å²) in [4.78, 5) is 11.9. The van der Waals surface area contributed by atoms with E-state index in [2.05, 4.69) is 10.4 Å². The highest BCUT2D eigenvalue weighted by Gasteiger charge is 2.16. The van der Waals surface area contributed by atoms with Crippen LogP contribution in [0.25, 0.3) is 0 Å². The molecule has 2 N–H and O–H groups in total. The van der Waals surface area contributed by atoms with Crippen molar-refractivity contribution in [2.24, 2.45) is 12.5 Å². The van der Waals surface area contributed by atoms with E-state index >= 15 is 0 Å². The topological polar surface area (TPSA) is 67.2 Å². The Balaban J connectivity index is 2.29. The number of nitrogens with zero attached hydrogens (tertiary/aromatic N) is 2. The zero-order valence-corrected chi connectivity index (χ0v) is 14.0. The number of rotatable bonds is 8. The molecule has 120 valence electrons. The molecule has 0 saturated carbocycles. The van der Waals surface area contributed by atoms with Gasteiger partial charge in [0, 0.05) is 32.3 Å². The molecule has 0 saturated heterocycles. The Kier molecular flexibility index (Phi) is 6.40. The van der Waals surface area contributed by atoms with Crippen molar-refractivity contribution in [3.63, 3.8) is 0 Å². The van der Waals surface area contributed by atoms with E-state index in [9.17, 15) is 9.90 Å². The zero-order chi connectivity index (χ0) is 16.0. The first-order chi connectivity index (χ1) is 9.76. The summed E-state index contributed by atoms with van der Waals surface area (Å²) in [6.07, 6.45) is 3.03. The highest BCUT2D eigenvalue weighted by Crippen LogP contribution is 2.20.